The number of aromatic amines is 1. The Bertz CT molecular complexity index is 598. The molecule has 0 aliphatic rings. The van der Waals surface area contributed by atoms with Crippen molar-refractivity contribution in [3.63, 3.8) is 0 Å². The van der Waals surface area contributed by atoms with Crippen LogP contribution in [0.25, 0.3) is 11.3 Å². The molecule has 0 radical (unpaired) electrons. The Balaban J connectivity index is 2.58. The zero-order valence-corrected chi connectivity index (χ0v) is 9.17. The van der Waals surface area contributed by atoms with Gasteiger partial charge in [-0.15, -0.1) is 0 Å². The van der Waals surface area contributed by atoms with Crippen LogP contribution in [0.4, 0.5) is 0 Å². The van der Waals surface area contributed by atoms with E-state index in [1.165, 1.54) is 4.68 Å². The van der Waals surface area contributed by atoms with E-state index in [1.54, 1.807) is 31.6 Å². The summed E-state index contributed by atoms with van der Waals surface area (Å²) < 4.78 is 1.26. The van der Waals surface area contributed by atoms with Crippen molar-refractivity contribution in [2.24, 2.45) is 7.05 Å². The van der Waals surface area contributed by atoms with E-state index in [-0.39, 0.29) is 17.5 Å². The molecule has 6 nitrogen and oxygen atoms in total. The number of aromatic nitrogens is 3. The van der Waals surface area contributed by atoms with E-state index in [1.807, 2.05) is 0 Å². The van der Waals surface area contributed by atoms with E-state index in [9.17, 15) is 9.59 Å². The van der Waals surface area contributed by atoms with Gasteiger partial charge in [-0.1, -0.05) is 0 Å². The molecule has 2 heterocycles. The maximum absolute atomic E-state index is 11.7. The number of hydrogen-bond donors (Lipinski definition) is 2. The minimum Gasteiger partial charge on any atom is -0.481 e. The summed E-state index contributed by atoms with van der Waals surface area (Å²) in [4.78, 5) is 26.4. The molecule has 2 N–H and O–H groups in total. The van der Waals surface area contributed by atoms with Crippen LogP contribution in [0.15, 0.2) is 29.3 Å². The highest BCUT2D eigenvalue weighted by Crippen LogP contribution is 2.18. The molecule has 2 aromatic heterocycles. The zero-order chi connectivity index (χ0) is 12.4. The zero-order valence-electron chi connectivity index (χ0n) is 9.17. The molecule has 0 aromatic carbocycles. The van der Waals surface area contributed by atoms with E-state index >= 15 is 0 Å². The minimum absolute atomic E-state index is 0.244. The van der Waals surface area contributed by atoms with Crippen molar-refractivity contribution in [2.45, 2.75) is 6.42 Å². The third-order valence-corrected chi connectivity index (χ3v) is 2.42. The minimum atomic E-state index is -1.04. The van der Waals surface area contributed by atoms with Crippen LogP contribution in [0.3, 0.4) is 0 Å². The van der Waals surface area contributed by atoms with Crippen LogP contribution in [0, 0.1) is 0 Å². The second-order valence-electron chi connectivity index (χ2n) is 3.64. The first-order chi connectivity index (χ1) is 8.09. The highest BCUT2D eigenvalue weighted by Gasteiger charge is 2.16. The highest BCUT2D eigenvalue weighted by molar-refractivity contribution is 5.74. The molecule has 0 aliphatic carbocycles. The lowest BCUT2D eigenvalue weighted by atomic mass is 10.1. The normalized spacial score (nSPS) is 10.4. The summed E-state index contributed by atoms with van der Waals surface area (Å²) in [6.07, 6.45) is 2.89. The lowest BCUT2D eigenvalue weighted by Gasteiger charge is -1.99. The SMILES string of the molecule is Cn1[nH]c(-c2cccnc2)c(CC(=O)O)c1=O. The number of carboxylic acid groups (broad SMARTS) is 1. The van der Waals surface area contributed by atoms with Gasteiger partial charge in [0.05, 0.1) is 17.7 Å². The summed E-state index contributed by atoms with van der Waals surface area (Å²) in [6.45, 7) is 0. The second kappa shape index (κ2) is 4.25. The third-order valence-electron chi connectivity index (χ3n) is 2.42. The summed E-state index contributed by atoms with van der Waals surface area (Å²) in [6, 6.07) is 3.49. The van der Waals surface area contributed by atoms with Gasteiger partial charge in [0.15, 0.2) is 0 Å². The molecule has 0 fully saturated rings. The number of aryl methyl sites for hydroxylation is 1. The van der Waals surface area contributed by atoms with Gasteiger partial charge < -0.3 is 5.11 Å². The van der Waals surface area contributed by atoms with Crippen molar-refractivity contribution >= 4 is 5.97 Å². The van der Waals surface area contributed by atoms with Crippen molar-refractivity contribution in [3.05, 3.63) is 40.4 Å². The molecule has 0 saturated carbocycles. The molecule has 0 atom stereocenters. The van der Waals surface area contributed by atoms with E-state index in [4.69, 9.17) is 5.11 Å². The van der Waals surface area contributed by atoms with Gasteiger partial charge in [0, 0.05) is 25.0 Å². The number of aliphatic carboxylic acids is 1. The van der Waals surface area contributed by atoms with E-state index in [0.29, 0.717) is 11.3 Å². The van der Waals surface area contributed by atoms with Gasteiger partial charge in [0.2, 0.25) is 0 Å². The van der Waals surface area contributed by atoms with E-state index < -0.39 is 5.97 Å². The molecule has 6 heteroatoms. The van der Waals surface area contributed by atoms with Gasteiger partial charge in [-0.2, -0.15) is 0 Å². The maximum atomic E-state index is 11.7. The van der Waals surface area contributed by atoms with Crippen LogP contribution in [0.5, 0.6) is 0 Å². The smallest absolute Gasteiger partial charge is 0.308 e. The van der Waals surface area contributed by atoms with Crippen molar-refractivity contribution in [3.8, 4) is 11.3 Å². The van der Waals surface area contributed by atoms with Crippen molar-refractivity contribution in [1.29, 1.82) is 0 Å². The van der Waals surface area contributed by atoms with E-state index in [2.05, 4.69) is 10.1 Å². The first-order valence-electron chi connectivity index (χ1n) is 4.99. The average Bonchev–Trinajstić information content (AvgIpc) is 2.58. The molecule has 0 amide bonds. The monoisotopic (exact) mass is 233 g/mol. The lowest BCUT2D eigenvalue weighted by Crippen LogP contribution is -2.17. The fourth-order valence-corrected chi connectivity index (χ4v) is 1.66. The fourth-order valence-electron chi connectivity index (χ4n) is 1.66. The van der Waals surface area contributed by atoms with Gasteiger partial charge in [-0.25, -0.2) is 0 Å². The summed E-state index contributed by atoms with van der Waals surface area (Å²) >= 11 is 0. The predicted molar refractivity (Wildman–Crippen MR) is 60.6 cm³/mol. The molecular formula is C11H11N3O3. The Morgan fingerprint density at radius 1 is 1.59 bits per heavy atom. The van der Waals surface area contributed by atoms with Crippen LogP contribution in [0.2, 0.25) is 0 Å². The van der Waals surface area contributed by atoms with Crippen LogP contribution in [0.1, 0.15) is 5.56 Å². The Hall–Kier alpha value is -2.37. The number of H-pyrrole nitrogens is 1. The number of carbonyl (C=O) groups is 1. The standard InChI is InChI=1S/C11H11N3O3/c1-14-11(17)8(5-9(15)16)10(13-14)7-3-2-4-12-6-7/h2-4,6,13H,5H2,1H3,(H,15,16). The van der Waals surface area contributed by atoms with Crippen LogP contribution in [-0.2, 0) is 18.3 Å². The topological polar surface area (TPSA) is 88.0 Å². The number of carboxylic acids is 1. The maximum Gasteiger partial charge on any atom is 0.308 e. The number of nitrogens with zero attached hydrogens (tertiary/aromatic N) is 2. The van der Waals surface area contributed by atoms with Gasteiger partial charge in [-0.3, -0.25) is 24.4 Å². The molecule has 17 heavy (non-hydrogen) atoms. The van der Waals surface area contributed by atoms with Crippen LogP contribution < -0.4 is 5.56 Å². The largest absolute Gasteiger partial charge is 0.481 e. The number of hydrogen-bond acceptors (Lipinski definition) is 3. The number of pyridine rings is 1. The molecule has 2 aromatic rings. The highest BCUT2D eigenvalue weighted by atomic mass is 16.4. The first kappa shape index (κ1) is 11.1. The Kier molecular flexibility index (Phi) is 2.78. The first-order valence-corrected chi connectivity index (χ1v) is 4.99. The predicted octanol–water partition coefficient (Wildman–Crippen LogP) is 0.402. The molecule has 0 bridgehead atoms. The number of nitrogens with one attached hydrogen (secondary N) is 1. The van der Waals surface area contributed by atoms with Crippen LogP contribution in [-0.4, -0.2) is 25.8 Å². The van der Waals surface area contributed by atoms with E-state index in [0.717, 1.165) is 0 Å². The molecule has 0 saturated heterocycles. The molecule has 0 unspecified atom stereocenters. The van der Waals surface area contributed by atoms with Crippen LogP contribution >= 0.6 is 0 Å². The summed E-state index contributed by atoms with van der Waals surface area (Å²) in [7, 11) is 1.55. The van der Waals surface area contributed by atoms with Gasteiger partial charge in [0.1, 0.15) is 0 Å². The lowest BCUT2D eigenvalue weighted by molar-refractivity contribution is -0.136. The number of rotatable bonds is 3. The molecule has 0 aliphatic heterocycles. The Labute approximate surface area is 96.5 Å². The van der Waals surface area contributed by atoms with Gasteiger partial charge >= 0.3 is 5.97 Å². The third kappa shape index (κ3) is 2.10. The molecule has 0 spiro atoms. The quantitative estimate of drug-likeness (QED) is 0.803. The van der Waals surface area contributed by atoms with Crippen molar-refractivity contribution < 1.29 is 9.90 Å². The molecule has 2 rings (SSSR count). The summed E-state index contributed by atoms with van der Waals surface area (Å²) in [5.74, 6) is -1.04. The average molecular weight is 233 g/mol. The second-order valence-corrected chi connectivity index (χ2v) is 3.64. The van der Waals surface area contributed by atoms with Crippen molar-refractivity contribution in [2.75, 3.05) is 0 Å². The summed E-state index contributed by atoms with van der Waals surface area (Å²) in [5.41, 5.74) is 1.12. The summed E-state index contributed by atoms with van der Waals surface area (Å²) in [5, 5.41) is 11.6. The fraction of sp³-hybridized carbons (Fsp3) is 0.182. The Morgan fingerprint density at radius 3 is 2.94 bits per heavy atom. The van der Waals surface area contributed by atoms with Gasteiger partial charge in [-0.05, 0) is 12.1 Å². The Morgan fingerprint density at radius 2 is 2.35 bits per heavy atom. The van der Waals surface area contributed by atoms with Crippen molar-refractivity contribution in [1.82, 2.24) is 14.8 Å². The van der Waals surface area contributed by atoms with Gasteiger partial charge in [0.25, 0.3) is 5.56 Å². The molecule has 88 valence electrons. The molecular weight excluding hydrogens is 222 g/mol.